The van der Waals surface area contributed by atoms with E-state index >= 15 is 0 Å². The Labute approximate surface area is 105 Å². The Morgan fingerprint density at radius 2 is 1.94 bits per heavy atom. The molecule has 0 aromatic heterocycles. The van der Waals surface area contributed by atoms with Gasteiger partial charge in [-0.25, -0.2) is 4.39 Å². The van der Waals surface area contributed by atoms with Gasteiger partial charge in [-0.1, -0.05) is 12.1 Å². The van der Waals surface area contributed by atoms with E-state index in [-0.39, 0.29) is 38.0 Å². The quantitative estimate of drug-likeness (QED) is 0.732. The van der Waals surface area contributed by atoms with Crippen LogP contribution in [0, 0.1) is 5.82 Å². The van der Waals surface area contributed by atoms with Crippen LogP contribution >= 0.6 is 0 Å². The van der Waals surface area contributed by atoms with Gasteiger partial charge >= 0.3 is 0 Å². The average Bonchev–Trinajstić information content (AvgIpc) is 2.36. The molecular formula is C13H16FNO3. The number of amides is 1. The maximum Gasteiger partial charge on any atom is 0.246 e. The lowest BCUT2D eigenvalue weighted by molar-refractivity contribution is -0.126. The Morgan fingerprint density at radius 1 is 1.28 bits per heavy atom. The first kappa shape index (κ1) is 14.3. The minimum absolute atomic E-state index is 0.160. The van der Waals surface area contributed by atoms with Crippen LogP contribution < -0.4 is 0 Å². The van der Waals surface area contributed by atoms with E-state index in [9.17, 15) is 9.18 Å². The van der Waals surface area contributed by atoms with Gasteiger partial charge in [-0.05, 0) is 23.8 Å². The largest absolute Gasteiger partial charge is 0.395 e. The van der Waals surface area contributed by atoms with Crippen LogP contribution in [-0.4, -0.2) is 47.3 Å². The molecule has 1 rings (SSSR count). The van der Waals surface area contributed by atoms with Gasteiger partial charge in [0, 0.05) is 19.2 Å². The van der Waals surface area contributed by atoms with Crippen molar-refractivity contribution in [3.63, 3.8) is 0 Å². The summed E-state index contributed by atoms with van der Waals surface area (Å²) < 4.78 is 12.9. The van der Waals surface area contributed by atoms with Gasteiger partial charge in [-0.2, -0.15) is 0 Å². The lowest BCUT2D eigenvalue weighted by Gasteiger charge is -2.18. The lowest BCUT2D eigenvalue weighted by Crippen LogP contribution is -2.34. The van der Waals surface area contributed by atoms with Gasteiger partial charge < -0.3 is 15.1 Å². The van der Waals surface area contributed by atoms with E-state index in [0.717, 1.165) is 0 Å². The summed E-state index contributed by atoms with van der Waals surface area (Å²) >= 11 is 0. The second-order valence-corrected chi connectivity index (χ2v) is 3.66. The van der Waals surface area contributed by atoms with Gasteiger partial charge in [-0.15, -0.1) is 0 Å². The molecule has 2 N–H and O–H groups in total. The molecule has 0 atom stereocenters. The normalized spacial score (nSPS) is 10.8. The minimum Gasteiger partial charge on any atom is -0.395 e. The molecule has 0 saturated heterocycles. The number of aliphatic hydroxyl groups excluding tert-OH is 2. The molecule has 18 heavy (non-hydrogen) atoms. The summed E-state index contributed by atoms with van der Waals surface area (Å²) in [4.78, 5) is 13.0. The zero-order chi connectivity index (χ0) is 13.4. The van der Waals surface area contributed by atoms with E-state index in [1.165, 1.54) is 29.2 Å². The maximum atomic E-state index is 12.9. The number of benzene rings is 1. The predicted octanol–water partition coefficient (Wildman–Crippen LogP) is 0.652. The Balaban J connectivity index is 2.67. The highest BCUT2D eigenvalue weighted by Gasteiger charge is 2.08. The second-order valence-electron chi connectivity index (χ2n) is 3.66. The molecule has 1 amide bonds. The van der Waals surface area contributed by atoms with Crippen LogP contribution in [0.4, 0.5) is 4.39 Å². The Kier molecular flexibility index (Phi) is 6.04. The third-order valence-corrected chi connectivity index (χ3v) is 2.32. The van der Waals surface area contributed by atoms with Crippen molar-refractivity contribution < 1.29 is 19.4 Å². The van der Waals surface area contributed by atoms with Crippen LogP contribution in [-0.2, 0) is 4.79 Å². The van der Waals surface area contributed by atoms with E-state index < -0.39 is 0 Å². The number of hydrogen-bond acceptors (Lipinski definition) is 3. The number of rotatable bonds is 6. The highest BCUT2D eigenvalue weighted by Crippen LogP contribution is 2.05. The van der Waals surface area contributed by atoms with Crippen LogP contribution in [0.1, 0.15) is 5.56 Å². The summed E-state index contributed by atoms with van der Waals surface area (Å²) in [5, 5.41) is 17.6. The summed E-state index contributed by atoms with van der Waals surface area (Å²) in [6.45, 7) is -0.0150. The van der Waals surface area contributed by atoms with E-state index in [1.54, 1.807) is 12.1 Å². The fourth-order valence-corrected chi connectivity index (χ4v) is 1.46. The number of nitrogens with zero attached hydrogens (tertiary/aromatic N) is 1. The molecule has 0 spiro atoms. The first-order valence-corrected chi connectivity index (χ1v) is 5.61. The van der Waals surface area contributed by atoms with Gasteiger partial charge in [0.2, 0.25) is 5.91 Å². The van der Waals surface area contributed by atoms with Gasteiger partial charge in [0.15, 0.2) is 0 Å². The molecule has 0 aliphatic carbocycles. The number of halogens is 1. The fraction of sp³-hybridized carbons (Fsp3) is 0.308. The molecule has 0 heterocycles. The van der Waals surface area contributed by atoms with Crippen molar-refractivity contribution in [1.82, 2.24) is 4.90 Å². The first-order chi connectivity index (χ1) is 8.67. The van der Waals surface area contributed by atoms with E-state index in [0.29, 0.717) is 5.56 Å². The van der Waals surface area contributed by atoms with E-state index in [1.807, 2.05) is 0 Å². The molecule has 98 valence electrons. The second kappa shape index (κ2) is 7.58. The molecule has 1 aromatic rings. The molecule has 4 nitrogen and oxygen atoms in total. The molecule has 0 radical (unpaired) electrons. The van der Waals surface area contributed by atoms with Gasteiger partial charge in [0.25, 0.3) is 0 Å². The highest BCUT2D eigenvalue weighted by molar-refractivity contribution is 5.91. The fourth-order valence-electron chi connectivity index (χ4n) is 1.46. The van der Waals surface area contributed by atoms with Crippen molar-refractivity contribution in [2.45, 2.75) is 0 Å². The number of carbonyl (C=O) groups excluding carboxylic acids is 1. The third kappa shape index (κ3) is 4.65. The molecule has 0 fully saturated rings. The molecule has 0 unspecified atom stereocenters. The highest BCUT2D eigenvalue weighted by atomic mass is 19.1. The summed E-state index contributed by atoms with van der Waals surface area (Å²) in [7, 11) is 0. The Hall–Kier alpha value is -1.72. The summed E-state index contributed by atoms with van der Waals surface area (Å²) in [6, 6.07) is 5.86. The zero-order valence-corrected chi connectivity index (χ0v) is 9.92. The van der Waals surface area contributed by atoms with Crippen molar-refractivity contribution in [1.29, 1.82) is 0 Å². The van der Waals surface area contributed by atoms with Crippen molar-refractivity contribution in [3.05, 3.63) is 41.7 Å². The van der Waals surface area contributed by atoms with E-state index in [4.69, 9.17) is 10.2 Å². The standard InChI is InChI=1S/C13H16FNO3/c14-12-3-1-2-11(10-12)4-5-13(18)15(6-8-16)7-9-17/h1-5,10,16-17H,6-9H2. The van der Waals surface area contributed by atoms with Crippen molar-refractivity contribution in [3.8, 4) is 0 Å². The minimum atomic E-state index is -0.368. The molecule has 0 aliphatic heterocycles. The average molecular weight is 253 g/mol. The number of hydrogen-bond donors (Lipinski definition) is 2. The van der Waals surface area contributed by atoms with Crippen LogP contribution in [0.3, 0.4) is 0 Å². The summed E-state index contributed by atoms with van der Waals surface area (Å²) in [5.41, 5.74) is 0.580. The van der Waals surface area contributed by atoms with Gasteiger partial charge in [0.1, 0.15) is 5.82 Å². The lowest BCUT2D eigenvalue weighted by atomic mass is 10.2. The predicted molar refractivity (Wildman–Crippen MR) is 66.2 cm³/mol. The molecule has 0 bridgehead atoms. The Morgan fingerprint density at radius 3 is 2.50 bits per heavy atom. The van der Waals surface area contributed by atoms with Gasteiger partial charge in [0.05, 0.1) is 13.2 Å². The van der Waals surface area contributed by atoms with Crippen molar-refractivity contribution >= 4 is 12.0 Å². The topological polar surface area (TPSA) is 60.8 Å². The van der Waals surface area contributed by atoms with Gasteiger partial charge in [-0.3, -0.25) is 4.79 Å². The smallest absolute Gasteiger partial charge is 0.246 e. The molecule has 5 heteroatoms. The van der Waals surface area contributed by atoms with Crippen LogP contribution in [0.15, 0.2) is 30.3 Å². The molecule has 0 aliphatic rings. The summed E-state index contributed by atoms with van der Waals surface area (Å²) in [5.74, 6) is -0.700. The monoisotopic (exact) mass is 253 g/mol. The molecular weight excluding hydrogens is 237 g/mol. The van der Waals surface area contributed by atoms with Crippen molar-refractivity contribution in [2.24, 2.45) is 0 Å². The third-order valence-electron chi connectivity index (χ3n) is 2.32. The molecule has 1 aromatic carbocycles. The van der Waals surface area contributed by atoms with Crippen LogP contribution in [0.5, 0.6) is 0 Å². The number of aliphatic hydroxyl groups is 2. The van der Waals surface area contributed by atoms with Crippen LogP contribution in [0.2, 0.25) is 0 Å². The van der Waals surface area contributed by atoms with Crippen molar-refractivity contribution in [2.75, 3.05) is 26.3 Å². The van der Waals surface area contributed by atoms with Crippen LogP contribution in [0.25, 0.3) is 6.08 Å². The number of carbonyl (C=O) groups is 1. The zero-order valence-electron chi connectivity index (χ0n) is 9.92. The SMILES string of the molecule is O=C(C=Cc1cccc(F)c1)N(CCO)CCO. The summed E-state index contributed by atoms with van der Waals surface area (Å²) in [6.07, 6.45) is 2.78. The Bertz CT molecular complexity index is 414. The maximum absolute atomic E-state index is 12.9. The first-order valence-electron chi connectivity index (χ1n) is 5.61. The van der Waals surface area contributed by atoms with E-state index in [2.05, 4.69) is 0 Å². The molecule has 0 saturated carbocycles.